The maximum Gasteiger partial charge on any atom is 0.326 e. The van der Waals surface area contributed by atoms with Crippen LogP contribution in [0, 0.1) is 5.82 Å². The van der Waals surface area contributed by atoms with Crippen LogP contribution in [0.5, 0.6) is 0 Å². The van der Waals surface area contributed by atoms with E-state index in [0.29, 0.717) is 11.1 Å². The first-order valence-electron chi connectivity index (χ1n) is 7.80. The van der Waals surface area contributed by atoms with Crippen LogP contribution in [0.1, 0.15) is 15.9 Å². The molecule has 3 aromatic rings. The van der Waals surface area contributed by atoms with Crippen molar-refractivity contribution < 1.29 is 19.1 Å². The number of carboxylic acids is 1. The summed E-state index contributed by atoms with van der Waals surface area (Å²) in [6, 6.07) is 17.2. The van der Waals surface area contributed by atoms with Gasteiger partial charge in [-0.25, -0.2) is 9.18 Å². The van der Waals surface area contributed by atoms with Gasteiger partial charge in [0.25, 0.3) is 5.91 Å². The molecular weight excluding hydrogens is 321 g/mol. The highest BCUT2D eigenvalue weighted by Crippen LogP contribution is 2.18. The van der Waals surface area contributed by atoms with E-state index in [1.165, 1.54) is 18.2 Å². The average molecular weight is 337 g/mol. The highest BCUT2D eigenvalue weighted by Gasteiger charge is 2.22. The lowest BCUT2D eigenvalue weighted by Gasteiger charge is -2.15. The quantitative estimate of drug-likeness (QED) is 0.750. The van der Waals surface area contributed by atoms with Crippen LogP contribution < -0.4 is 5.32 Å². The van der Waals surface area contributed by atoms with Crippen molar-refractivity contribution in [2.24, 2.45) is 0 Å². The Morgan fingerprint density at radius 2 is 1.72 bits per heavy atom. The topological polar surface area (TPSA) is 66.4 Å². The summed E-state index contributed by atoms with van der Waals surface area (Å²) < 4.78 is 13.3. The fourth-order valence-electron chi connectivity index (χ4n) is 2.76. The van der Waals surface area contributed by atoms with Crippen LogP contribution >= 0.6 is 0 Å². The molecule has 0 aliphatic carbocycles. The molecular formula is C20H16FNO3. The first kappa shape index (κ1) is 16.6. The number of hydrogen-bond donors (Lipinski definition) is 2. The molecule has 1 amide bonds. The van der Waals surface area contributed by atoms with Crippen molar-refractivity contribution in [3.05, 3.63) is 83.7 Å². The van der Waals surface area contributed by atoms with Crippen LogP contribution in [0.25, 0.3) is 10.8 Å². The predicted octanol–water partition coefficient (Wildman–Crippen LogP) is 3.40. The summed E-state index contributed by atoms with van der Waals surface area (Å²) in [6.07, 6.45) is 0.00357. The zero-order valence-corrected chi connectivity index (χ0v) is 13.3. The normalized spacial score (nSPS) is 11.9. The van der Waals surface area contributed by atoms with Gasteiger partial charge in [-0.3, -0.25) is 4.79 Å². The van der Waals surface area contributed by atoms with E-state index in [4.69, 9.17) is 0 Å². The molecule has 0 spiro atoms. The second kappa shape index (κ2) is 7.13. The number of fused-ring (bicyclic) bond motifs is 1. The fraction of sp³-hybridized carbons (Fsp3) is 0.100. The van der Waals surface area contributed by atoms with E-state index in [1.54, 1.807) is 18.2 Å². The second-order valence-corrected chi connectivity index (χ2v) is 5.73. The molecule has 0 unspecified atom stereocenters. The molecule has 126 valence electrons. The minimum atomic E-state index is -1.17. The number of carbonyl (C=O) groups is 2. The molecule has 3 aromatic carbocycles. The number of rotatable bonds is 5. The summed E-state index contributed by atoms with van der Waals surface area (Å²) in [7, 11) is 0. The van der Waals surface area contributed by atoms with Gasteiger partial charge in [0.1, 0.15) is 11.9 Å². The molecule has 0 saturated carbocycles. The number of aliphatic carboxylic acids is 1. The zero-order chi connectivity index (χ0) is 17.8. The van der Waals surface area contributed by atoms with Crippen molar-refractivity contribution in [3.8, 4) is 0 Å². The van der Waals surface area contributed by atoms with E-state index in [1.807, 2.05) is 30.3 Å². The van der Waals surface area contributed by atoms with Crippen molar-refractivity contribution in [2.45, 2.75) is 12.5 Å². The molecule has 0 fully saturated rings. The molecule has 0 radical (unpaired) electrons. The summed E-state index contributed by atoms with van der Waals surface area (Å²) in [5, 5.41) is 13.6. The van der Waals surface area contributed by atoms with Crippen molar-refractivity contribution >= 4 is 22.6 Å². The second-order valence-electron chi connectivity index (χ2n) is 5.73. The lowest BCUT2D eigenvalue weighted by Crippen LogP contribution is -2.42. The first-order chi connectivity index (χ1) is 12.0. The Labute approximate surface area is 143 Å². The van der Waals surface area contributed by atoms with Crippen molar-refractivity contribution in [3.63, 3.8) is 0 Å². The minimum absolute atomic E-state index is 0.00357. The van der Waals surface area contributed by atoms with Crippen molar-refractivity contribution in [1.82, 2.24) is 5.32 Å². The standard InChI is InChI=1S/C20H16FNO3/c21-15-8-3-5-13(11-15)12-18(20(24)25)22-19(23)17-10-4-7-14-6-1-2-9-16(14)17/h1-11,18H,12H2,(H,22,23)(H,24,25)/t18-/m0/s1. The monoisotopic (exact) mass is 337 g/mol. The summed E-state index contributed by atoms with van der Waals surface area (Å²) in [6.45, 7) is 0. The first-order valence-corrected chi connectivity index (χ1v) is 7.80. The molecule has 0 aliphatic heterocycles. The van der Waals surface area contributed by atoms with Crippen LogP contribution in [0.2, 0.25) is 0 Å². The molecule has 0 saturated heterocycles. The van der Waals surface area contributed by atoms with Gasteiger partial charge in [0.15, 0.2) is 0 Å². The van der Waals surface area contributed by atoms with Crippen LogP contribution in [-0.2, 0) is 11.2 Å². The fourth-order valence-corrected chi connectivity index (χ4v) is 2.76. The summed E-state index contributed by atoms with van der Waals surface area (Å²) in [4.78, 5) is 24.1. The Kier molecular flexibility index (Phi) is 4.75. The Morgan fingerprint density at radius 3 is 2.48 bits per heavy atom. The maximum atomic E-state index is 13.3. The van der Waals surface area contributed by atoms with Crippen molar-refractivity contribution in [1.29, 1.82) is 0 Å². The predicted molar refractivity (Wildman–Crippen MR) is 92.9 cm³/mol. The third-order valence-electron chi connectivity index (χ3n) is 3.97. The molecule has 5 heteroatoms. The number of benzene rings is 3. The Bertz CT molecular complexity index is 934. The average Bonchev–Trinajstić information content (AvgIpc) is 2.60. The number of carboxylic acid groups (broad SMARTS) is 1. The van der Waals surface area contributed by atoms with Crippen molar-refractivity contribution in [2.75, 3.05) is 0 Å². The van der Waals surface area contributed by atoms with Gasteiger partial charge in [-0.2, -0.15) is 0 Å². The van der Waals surface area contributed by atoms with E-state index >= 15 is 0 Å². The van der Waals surface area contributed by atoms with E-state index in [2.05, 4.69) is 5.32 Å². The van der Waals surface area contributed by atoms with Gasteiger partial charge in [-0.05, 0) is 34.5 Å². The lowest BCUT2D eigenvalue weighted by molar-refractivity contribution is -0.139. The molecule has 0 aromatic heterocycles. The van der Waals surface area contributed by atoms with Gasteiger partial charge in [0.05, 0.1) is 0 Å². The van der Waals surface area contributed by atoms with E-state index < -0.39 is 23.7 Å². The van der Waals surface area contributed by atoms with E-state index in [0.717, 1.165) is 10.8 Å². The minimum Gasteiger partial charge on any atom is -0.480 e. The van der Waals surface area contributed by atoms with Crippen LogP contribution in [0.3, 0.4) is 0 Å². The summed E-state index contributed by atoms with van der Waals surface area (Å²) in [5.41, 5.74) is 0.911. The number of halogens is 1. The molecule has 0 heterocycles. The highest BCUT2D eigenvalue weighted by molar-refractivity contribution is 6.07. The zero-order valence-electron chi connectivity index (χ0n) is 13.3. The molecule has 4 nitrogen and oxygen atoms in total. The highest BCUT2D eigenvalue weighted by atomic mass is 19.1. The number of amides is 1. The van der Waals surface area contributed by atoms with Gasteiger partial charge in [-0.15, -0.1) is 0 Å². The maximum absolute atomic E-state index is 13.3. The molecule has 25 heavy (non-hydrogen) atoms. The molecule has 0 aliphatic rings. The Hall–Kier alpha value is -3.21. The summed E-state index contributed by atoms with van der Waals surface area (Å²) >= 11 is 0. The van der Waals surface area contributed by atoms with Crippen LogP contribution in [0.15, 0.2) is 66.7 Å². The number of carbonyl (C=O) groups excluding carboxylic acids is 1. The van der Waals surface area contributed by atoms with Crippen LogP contribution in [-0.4, -0.2) is 23.0 Å². The Balaban J connectivity index is 1.84. The number of nitrogens with one attached hydrogen (secondary N) is 1. The van der Waals surface area contributed by atoms with Crippen LogP contribution in [0.4, 0.5) is 4.39 Å². The van der Waals surface area contributed by atoms with Gasteiger partial charge in [-0.1, -0.05) is 48.5 Å². The van der Waals surface area contributed by atoms with E-state index in [9.17, 15) is 19.1 Å². The van der Waals surface area contributed by atoms with E-state index in [-0.39, 0.29) is 6.42 Å². The summed E-state index contributed by atoms with van der Waals surface area (Å²) in [5.74, 6) is -2.08. The molecule has 1 atom stereocenters. The third kappa shape index (κ3) is 3.83. The number of hydrogen-bond acceptors (Lipinski definition) is 2. The van der Waals surface area contributed by atoms with Gasteiger partial charge in [0, 0.05) is 12.0 Å². The molecule has 2 N–H and O–H groups in total. The largest absolute Gasteiger partial charge is 0.480 e. The molecule has 0 bridgehead atoms. The molecule has 3 rings (SSSR count). The SMILES string of the molecule is O=C(N[C@@H](Cc1cccc(F)c1)C(=O)O)c1cccc2ccccc12. The Morgan fingerprint density at radius 1 is 1.00 bits per heavy atom. The van der Waals surface area contributed by atoms with Gasteiger partial charge in [0.2, 0.25) is 0 Å². The lowest BCUT2D eigenvalue weighted by atomic mass is 10.0. The third-order valence-corrected chi connectivity index (χ3v) is 3.97. The smallest absolute Gasteiger partial charge is 0.326 e. The van der Waals surface area contributed by atoms with Gasteiger partial charge >= 0.3 is 5.97 Å². The van der Waals surface area contributed by atoms with Gasteiger partial charge < -0.3 is 10.4 Å².